The highest BCUT2D eigenvalue weighted by Crippen LogP contribution is 2.32. The molecule has 2 aromatic heterocycles. The number of nitrogen functional groups attached to an aromatic ring is 1. The summed E-state index contributed by atoms with van der Waals surface area (Å²) in [6.07, 6.45) is 0.0653. The number of aliphatic hydroxyl groups excluding tert-OH is 2. The molecule has 2 aliphatic heterocycles. The van der Waals surface area contributed by atoms with Gasteiger partial charge >= 0.3 is 6.09 Å². The first-order valence-electron chi connectivity index (χ1n) is 14.2. The number of aliphatic hydroxyl groups is 2. The number of nitrogens with one attached hydrogen (secondary N) is 1. The molecule has 1 aromatic carbocycles. The minimum absolute atomic E-state index is 0.200. The maximum atomic E-state index is 12.6. The Morgan fingerprint density at radius 1 is 1.12 bits per heavy atom. The second kappa shape index (κ2) is 12.9. The van der Waals surface area contributed by atoms with Gasteiger partial charge in [-0.1, -0.05) is 0 Å². The number of aryl methyl sites for hydroxylation is 1. The fraction of sp³-hybridized carbons (Fsp3) is 0.536. The van der Waals surface area contributed by atoms with Gasteiger partial charge < -0.3 is 40.4 Å². The molecule has 14 heteroatoms. The topological polar surface area (TPSA) is 187 Å². The van der Waals surface area contributed by atoms with Crippen LogP contribution >= 0.6 is 0 Å². The number of fused-ring (bicyclic) bond motifs is 1. The van der Waals surface area contributed by atoms with Crippen LogP contribution in [0, 0.1) is 5.92 Å². The van der Waals surface area contributed by atoms with E-state index in [1.807, 2.05) is 0 Å². The molecule has 0 bridgehead atoms. The van der Waals surface area contributed by atoms with Crippen LogP contribution in [0.2, 0.25) is 0 Å². The highest BCUT2D eigenvalue weighted by molar-refractivity contribution is 5.83. The van der Waals surface area contributed by atoms with Crippen molar-refractivity contribution in [3.8, 4) is 11.5 Å². The van der Waals surface area contributed by atoms with Gasteiger partial charge in [0.25, 0.3) is 5.91 Å². The Bertz CT molecular complexity index is 1390. The number of anilines is 1. The monoisotopic (exact) mass is 583 g/mol. The molecule has 0 saturated carbocycles. The van der Waals surface area contributed by atoms with E-state index in [0.29, 0.717) is 60.5 Å². The van der Waals surface area contributed by atoms with Crippen LogP contribution < -0.4 is 20.5 Å². The van der Waals surface area contributed by atoms with Gasteiger partial charge in [0, 0.05) is 26.1 Å². The predicted molar refractivity (Wildman–Crippen MR) is 151 cm³/mol. The summed E-state index contributed by atoms with van der Waals surface area (Å²) in [4.78, 5) is 39.9. The number of likely N-dealkylation sites (tertiary alicyclic amines) is 1. The van der Waals surface area contributed by atoms with Gasteiger partial charge in [0.05, 0.1) is 13.4 Å². The molecule has 3 aromatic rings. The van der Waals surface area contributed by atoms with Crippen molar-refractivity contribution in [1.82, 2.24) is 29.7 Å². The number of likely N-dealkylation sites (N-methyl/N-ethyl adjacent to an activating group) is 1. The number of hydrogen-bond acceptors (Lipinski definition) is 11. The molecule has 5 N–H and O–H groups in total. The SMILES string of the molecule is CCNC(=O)[C@H]1O[C@@H](n2cnc3c(N)nc(CCCC4CCN(C(=O)Oc5ccc(OC)cc5)CC4)nc32)[C@H](O)[C@@H]1O. The van der Waals surface area contributed by atoms with Crippen LogP contribution in [-0.4, -0.2) is 91.7 Å². The van der Waals surface area contributed by atoms with E-state index in [2.05, 4.69) is 20.3 Å². The molecule has 14 nitrogen and oxygen atoms in total. The zero-order chi connectivity index (χ0) is 29.8. The number of benzene rings is 1. The third-order valence-corrected chi connectivity index (χ3v) is 7.77. The minimum atomic E-state index is -1.41. The summed E-state index contributed by atoms with van der Waals surface area (Å²) in [6.45, 7) is 3.37. The largest absolute Gasteiger partial charge is 0.497 e. The first-order chi connectivity index (χ1) is 20.3. The van der Waals surface area contributed by atoms with E-state index < -0.39 is 30.4 Å². The van der Waals surface area contributed by atoms with Crippen molar-refractivity contribution < 1.29 is 34.0 Å². The van der Waals surface area contributed by atoms with Gasteiger partial charge in [0.15, 0.2) is 23.8 Å². The highest BCUT2D eigenvalue weighted by Gasteiger charge is 2.47. The maximum absolute atomic E-state index is 12.6. The summed E-state index contributed by atoms with van der Waals surface area (Å²) in [6, 6.07) is 6.91. The molecule has 0 unspecified atom stereocenters. The van der Waals surface area contributed by atoms with E-state index in [1.165, 1.54) is 10.9 Å². The number of nitrogens with two attached hydrogens (primary N) is 1. The maximum Gasteiger partial charge on any atom is 0.415 e. The number of rotatable bonds is 9. The van der Waals surface area contributed by atoms with Gasteiger partial charge in [-0.3, -0.25) is 9.36 Å². The molecule has 42 heavy (non-hydrogen) atoms. The number of hydrogen-bond donors (Lipinski definition) is 4. The minimum Gasteiger partial charge on any atom is -0.497 e. The predicted octanol–water partition coefficient (Wildman–Crippen LogP) is 1.41. The Morgan fingerprint density at radius 3 is 2.52 bits per heavy atom. The molecule has 2 saturated heterocycles. The van der Waals surface area contributed by atoms with E-state index in [9.17, 15) is 19.8 Å². The number of amides is 2. The first-order valence-corrected chi connectivity index (χ1v) is 14.2. The van der Waals surface area contributed by atoms with Gasteiger partial charge in [-0.15, -0.1) is 0 Å². The van der Waals surface area contributed by atoms with E-state index in [0.717, 1.165) is 25.7 Å². The molecule has 2 amide bonds. The zero-order valence-electron chi connectivity index (χ0n) is 23.7. The summed E-state index contributed by atoms with van der Waals surface area (Å²) in [7, 11) is 1.58. The van der Waals surface area contributed by atoms with E-state index in [4.69, 9.17) is 19.9 Å². The number of ether oxygens (including phenoxy) is 3. The van der Waals surface area contributed by atoms with Crippen LogP contribution in [0.4, 0.5) is 10.6 Å². The van der Waals surface area contributed by atoms with Crippen molar-refractivity contribution >= 4 is 29.0 Å². The van der Waals surface area contributed by atoms with Crippen LogP contribution in [0.3, 0.4) is 0 Å². The Balaban J connectivity index is 1.14. The molecule has 0 spiro atoms. The number of piperidine rings is 1. The molecule has 5 rings (SSSR count). The van der Waals surface area contributed by atoms with Crippen LogP contribution in [0.15, 0.2) is 30.6 Å². The lowest BCUT2D eigenvalue weighted by Crippen LogP contribution is -2.42. The molecular weight excluding hydrogens is 546 g/mol. The van der Waals surface area contributed by atoms with Crippen molar-refractivity contribution in [3.63, 3.8) is 0 Å². The highest BCUT2D eigenvalue weighted by atomic mass is 16.6. The van der Waals surface area contributed by atoms with Crippen molar-refractivity contribution in [2.75, 3.05) is 32.5 Å². The number of carbonyl (C=O) groups excluding carboxylic acids is 2. The standard InChI is InChI=1S/C28H37N7O7/c1-3-30-26(38)23-21(36)22(37)27(42-23)35-15-31-20-24(29)32-19(33-25(20)35)6-4-5-16-11-13-34(14-12-16)28(39)41-18-9-7-17(40-2)8-10-18/h7-10,15-16,21-23,27,36-37H,3-6,11-14H2,1-2H3,(H,30,38)(H2,29,32,33)/t21-,22+,23-,27+/m0/s1. The summed E-state index contributed by atoms with van der Waals surface area (Å²) in [5, 5.41) is 23.6. The van der Waals surface area contributed by atoms with Crippen molar-refractivity contribution in [2.45, 2.75) is 63.6 Å². The third kappa shape index (κ3) is 6.25. The lowest BCUT2D eigenvalue weighted by atomic mass is 9.91. The number of carbonyl (C=O) groups is 2. The third-order valence-electron chi connectivity index (χ3n) is 7.77. The average molecular weight is 584 g/mol. The molecule has 4 heterocycles. The fourth-order valence-corrected chi connectivity index (χ4v) is 5.43. The zero-order valence-corrected chi connectivity index (χ0v) is 23.7. The second-order valence-electron chi connectivity index (χ2n) is 10.5. The Morgan fingerprint density at radius 2 is 1.83 bits per heavy atom. The summed E-state index contributed by atoms with van der Waals surface area (Å²) < 4.78 is 17.8. The van der Waals surface area contributed by atoms with E-state index in [1.54, 1.807) is 43.2 Å². The van der Waals surface area contributed by atoms with Crippen LogP contribution in [-0.2, 0) is 16.0 Å². The molecule has 4 atom stereocenters. The number of methoxy groups -OCH3 is 1. The van der Waals surface area contributed by atoms with Crippen LogP contribution in [0.25, 0.3) is 11.2 Å². The van der Waals surface area contributed by atoms with Gasteiger partial charge in [-0.05, 0) is 62.8 Å². The summed E-state index contributed by atoms with van der Waals surface area (Å²) in [5.41, 5.74) is 6.88. The number of aromatic nitrogens is 4. The molecule has 0 aliphatic carbocycles. The summed E-state index contributed by atoms with van der Waals surface area (Å²) in [5.74, 6) is 1.85. The molecule has 2 fully saturated rings. The van der Waals surface area contributed by atoms with Gasteiger partial charge in [-0.2, -0.15) is 0 Å². The van der Waals surface area contributed by atoms with Gasteiger partial charge in [0.1, 0.15) is 35.0 Å². The second-order valence-corrected chi connectivity index (χ2v) is 10.5. The van der Waals surface area contributed by atoms with E-state index >= 15 is 0 Å². The van der Waals surface area contributed by atoms with Gasteiger partial charge in [0.2, 0.25) is 0 Å². The van der Waals surface area contributed by atoms with Crippen LogP contribution in [0.1, 0.15) is 44.7 Å². The van der Waals surface area contributed by atoms with Crippen molar-refractivity contribution in [1.29, 1.82) is 0 Å². The lowest BCUT2D eigenvalue weighted by Gasteiger charge is -2.31. The molecule has 226 valence electrons. The van der Waals surface area contributed by atoms with Crippen molar-refractivity contribution in [3.05, 3.63) is 36.4 Å². The van der Waals surface area contributed by atoms with Gasteiger partial charge in [-0.25, -0.2) is 19.7 Å². The Hall–Kier alpha value is -4.01. The Kier molecular flexibility index (Phi) is 9.04. The van der Waals surface area contributed by atoms with Crippen LogP contribution in [0.5, 0.6) is 11.5 Å². The van der Waals surface area contributed by atoms with E-state index in [-0.39, 0.29) is 11.9 Å². The lowest BCUT2D eigenvalue weighted by molar-refractivity contribution is -0.137. The first kappa shape index (κ1) is 29.5. The number of imidazole rings is 1. The molecular formula is C28H37N7O7. The number of nitrogens with zero attached hydrogens (tertiary/aromatic N) is 5. The quantitative estimate of drug-likeness (QED) is 0.285. The molecule has 0 radical (unpaired) electrons. The van der Waals surface area contributed by atoms with Crippen molar-refractivity contribution in [2.24, 2.45) is 5.92 Å². The normalized spacial score (nSPS) is 22.8. The summed E-state index contributed by atoms with van der Waals surface area (Å²) >= 11 is 0. The average Bonchev–Trinajstić information content (AvgIpc) is 3.54. The smallest absolute Gasteiger partial charge is 0.415 e. The Labute approximate surface area is 242 Å². The fourth-order valence-electron chi connectivity index (χ4n) is 5.43. The molecule has 2 aliphatic rings.